The molecule has 0 atom stereocenters. The third-order valence-corrected chi connectivity index (χ3v) is 7.27. The second-order valence-corrected chi connectivity index (χ2v) is 10.1. The van der Waals surface area contributed by atoms with Gasteiger partial charge in [-0.1, -0.05) is 23.7 Å². The average Bonchev–Trinajstić information content (AvgIpc) is 3.24. The highest BCUT2D eigenvalue weighted by molar-refractivity contribution is 8.18. The van der Waals surface area contributed by atoms with Crippen molar-refractivity contribution in [2.75, 3.05) is 38.0 Å². The first-order chi connectivity index (χ1) is 18.3. The minimum Gasteiger partial charge on any atom is -0.465 e. The van der Waals surface area contributed by atoms with E-state index in [2.05, 4.69) is 20.6 Å². The zero-order valence-electron chi connectivity index (χ0n) is 20.1. The summed E-state index contributed by atoms with van der Waals surface area (Å²) in [6.45, 7) is 1.85. The molecule has 2 saturated heterocycles. The van der Waals surface area contributed by atoms with Crippen LogP contribution in [0.5, 0.6) is 0 Å². The van der Waals surface area contributed by atoms with Crippen molar-refractivity contribution >= 4 is 74.8 Å². The molecule has 10 nitrogen and oxygen atoms in total. The lowest BCUT2D eigenvalue weighted by Gasteiger charge is -2.32. The topological polar surface area (TPSA) is 127 Å². The highest BCUT2D eigenvalue weighted by Crippen LogP contribution is 2.33. The molecule has 38 heavy (non-hydrogen) atoms. The second kappa shape index (κ2) is 11.2. The number of thioether (sulfide) groups is 1. The zero-order valence-corrected chi connectivity index (χ0v) is 21.6. The summed E-state index contributed by atoms with van der Waals surface area (Å²) in [5, 5.41) is 16.4. The number of aliphatic imine (C=N–C) groups is 1. The number of anilines is 1. The van der Waals surface area contributed by atoms with Gasteiger partial charge in [0.15, 0.2) is 5.17 Å². The van der Waals surface area contributed by atoms with Gasteiger partial charge in [-0.05, 0) is 59.8 Å². The highest BCUT2D eigenvalue weighted by Gasteiger charge is 2.25. The van der Waals surface area contributed by atoms with Crippen LogP contribution in [0.4, 0.5) is 16.2 Å². The monoisotopic (exact) mass is 550 g/mol. The van der Waals surface area contributed by atoms with Crippen molar-refractivity contribution in [2.45, 2.75) is 0 Å². The number of piperazine rings is 1. The van der Waals surface area contributed by atoms with E-state index in [1.807, 2.05) is 35.2 Å². The summed E-state index contributed by atoms with van der Waals surface area (Å²) in [4.78, 5) is 48.7. The van der Waals surface area contributed by atoms with Crippen LogP contribution in [0.15, 0.2) is 64.6 Å². The summed E-state index contributed by atoms with van der Waals surface area (Å²) >= 11 is 7.55. The first kappa shape index (κ1) is 25.7. The van der Waals surface area contributed by atoms with Crippen LogP contribution in [0.1, 0.15) is 5.56 Å². The maximum Gasteiger partial charge on any atom is 0.407 e. The molecule has 0 aliphatic carbocycles. The number of nitrogens with one attached hydrogen (secondary N) is 2. The second-order valence-electron chi connectivity index (χ2n) is 8.70. The van der Waals surface area contributed by atoms with Crippen molar-refractivity contribution in [2.24, 2.45) is 4.99 Å². The maximum absolute atomic E-state index is 12.6. The van der Waals surface area contributed by atoms with Gasteiger partial charge in [-0.25, -0.2) is 9.79 Å². The number of carbonyl (C=O) groups is 3. The fraction of sp³-hybridized carbons (Fsp3) is 0.192. The molecule has 2 fully saturated rings. The Labute approximate surface area is 227 Å². The molecule has 3 aromatic rings. The van der Waals surface area contributed by atoms with E-state index in [0.717, 1.165) is 16.5 Å². The molecule has 3 heterocycles. The van der Waals surface area contributed by atoms with Crippen molar-refractivity contribution in [1.29, 1.82) is 0 Å². The lowest BCUT2D eigenvalue weighted by Crippen LogP contribution is -2.50. The fourth-order valence-electron chi connectivity index (χ4n) is 4.10. The van der Waals surface area contributed by atoms with Gasteiger partial charge < -0.3 is 20.6 Å². The number of fused-ring (bicyclic) bond motifs is 1. The Kier molecular flexibility index (Phi) is 7.59. The number of amidine groups is 1. The first-order valence-corrected chi connectivity index (χ1v) is 13.0. The number of amides is 3. The van der Waals surface area contributed by atoms with Crippen molar-refractivity contribution < 1.29 is 19.5 Å². The van der Waals surface area contributed by atoms with Crippen LogP contribution in [0.25, 0.3) is 17.0 Å². The molecule has 5 rings (SSSR count). The van der Waals surface area contributed by atoms with Crippen molar-refractivity contribution in [3.63, 3.8) is 0 Å². The summed E-state index contributed by atoms with van der Waals surface area (Å²) in [6.07, 6.45) is 2.58. The maximum atomic E-state index is 12.6. The highest BCUT2D eigenvalue weighted by atomic mass is 35.5. The Bertz CT molecular complexity index is 1490. The number of hydrogen-bond donors (Lipinski definition) is 3. The van der Waals surface area contributed by atoms with E-state index in [4.69, 9.17) is 16.7 Å². The molecule has 2 aromatic carbocycles. The molecule has 0 radical (unpaired) electrons. The van der Waals surface area contributed by atoms with Crippen LogP contribution in [0.2, 0.25) is 5.02 Å². The van der Waals surface area contributed by atoms with Gasteiger partial charge in [-0.2, -0.15) is 0 Å². The summed E-state index contributed by atoms with van der Waals surface area (Å²) in [5.41, 5.74) is 2.66. The van der Waals surface area contributed by atoms with E-state index >= 15 is 0 Å². The number of carboxylic acid groups (broad SMARTS) is 1. The minimum atomic E-state index is -0.949. The predicted octanol–water partition coefficient (Wildman–Crippen LogP) is 4.01. The van der Waals surface area contributed by atoms with E-state index in [0.29, 0.717) is 52.6 Å². The molecule has 3 N–H and O–H groups in total. The summed E-state index contributed by atoms with van der Waals surface area (Å²) < 4.78 is 0. The van der Waals surface area contributed by atoms with E-state index in [1.54, 1.807) is 30.5 Å². The molecule has 12 heteroatoms. The number of benzene rings is 2. The first-order valence-electron chi connectivity index (χ1n) is 11.8. The summed E-state index contributed by atoms with van der Waals surface area (Å²) in [5.74, 6) is -0.488. The van der Waals surface area contributed by atoms with Gasteiger partial charge >= 0.3 is 6.09 Å². The largest absolute Gasteiger partial charge is 0.465 e. The molecule has 0 bridgehead atoms. The van der Waals surface area contributed by atoms with Gasteiger partial charge in [0.2, 0.25) is 5.91 Å². The van der Waals surface area contributed by atoms with Gasteiger partial charge in [-0.3, -0.25) is 19.5 Å². The Morgan fingerprint density at radius 2 is 1.97 bits per heavy atom. The number of carbonyl (C=O) groups excluding carboxylic acids is 2. The molecular formula is C26H23ClN6O4S. The third kappa shape index (κ3) is 6.13. The van der Waals surface area contributed by atoms with Crippen LogP contribution < -0.4 is 10.6 Å². The Hall–Kier alpha value is -3.93. The van der Waals surface area contributed by atoms with Gasteiger partial charge in [0, 0.05) is 43.4 Å². The van der Waals surface area contributed by atoms with E-state index in [1.165, 1.54) is 16.7 Å². The molecule has 1 aromatic heterocycles. The number of rotatable bonds is 5. The quantitative estimate of drug-likeness (QED) is 0.409. The molecule has 194 valence electrons. The minimum absolute atomic E-state index is 0.144. The van der Waals surface area contributed by atoms with Gasteiger partial charge in [0.05, 0.1) is 27.7 Å². The lowest BCUT2D eigenvalue weighted by molar-refractivity contribution is -0.117. The van der Waals surface area contributed by atoms with Gasteiger partial charge in [-0.15, -0.1) is 0 Å². The van der Waals surface area contributed by atoms with Crippen LogP contribution in [0.3, 0.4) is 0 Å². The molecule has 0 saturated carbocycles. The lowest BCUT2D eigenvalue weighted by atomic mass is 10.1. The number of halogens is 1. The molecule has 0 spiro atoms. The van der Waals surface area contributed by atoms with Crippen molar-refractivity contribution in [1.82, 2.24) is 20.1 Å². The van der Waals surface area contributed by atoms with Gasteiger partial charge in [0.25, 0.3) is 5.91 Å². The summed E-state index contributed by atoms with van der Waals surface area (Å²) in [7, 11) is 0. The molecule has 0 unspecified atom stereocenters. The molecule has 3 amide bonds. The van der Waals surface area contributed by atoms with E-state index in [-0.39, 0.29) is 18.4 Å². The van der Waals surface area contributed by atoms with Crippen LogP contribution in [-0.4, -0.2) is 75.7 Å². The van der Waals surface area contributed by atoms with Crippen molar-refractivity contribution in [3.8, 4) is 0 Å². The zero-order chi connectivity index (χ0) is 26.6. The van der Waals surface area contributed by atoms with Crippen LogP contribution in [0, 0.1) is 0 Å². The van der Waals surface area contributed by atoms with E-state index in [9.17, 15) is 14.4 Å². The molecular weight excluding hydrogens is 528 g/mol. The standard InChI is InChI=1S/C26H23ClN6O4S/c27-19-5-4-18(29-23(34)15-32-8-10-33(11-9-32)26(36)37)14-21(19)30-25-31-24(35)22(38-25)13-16-3-6-20-17(12-16)2-1-7-28-20/h1-7,12-14H,8-11,15H2,(H,29,34)(H,36,37)(H,30,31,35). The smallest absolute Gasteiger partial charge is 0.407 e. The Balaban J connectivity index is 1.24. The summed E-state index contributed by atoms with van der Waals surface area (Å²) in [6, 6.07) is 14.5. The third-order valence-electron chi connectivity index (χ3n) is 6.04. The number of aromatic nitrogens is 1. The van der Waals surface area contributed by atoms with E-state index < -0.39 is 6.09 Å². The Morgan fingerprint density at radius 3 is 2.76 bits per heavy atom. The normalized spacial score (nSPS) is 18.2. The van der Waals surface area contributed by atoms with Crippen LogP contribution >= 0.6 is 23.4 Å². The number of hydrogen-bond acceptors (Lipinski definition) is 7. The predicted molar refractivity (Wildman–Crippen MR) is 149 cm³/mol. The number of nitrogens with zero attached hydrogens (tertiary/aromatic N) is 4. The molecule has 2 aliphatic heterocycles. The molecule has 2 aliphatic rings. The fourth-order valence-corrected chi connectivity index (χ4v) is 5.10. The average molecular weight is 551 g/mol. The Morgan fingerprint density at radius 1 is 1.16 bits per heavy atom. The SMILES string of the molecule is O=C(CN1CCN(C(=O)O)CC1)Nc1ccc(Cl)c(N=C2NC(=O)C(=Cc3ccc4ncccc4c3)S2)c1. The van der Waals surface area contributed by atoms with Gasteiger partial charge in [0.1, 0.15) is 0 Å². The van der Waals surface area contributed by atoms with Crippen molar-refractivity contribution in [3.05, 3.63) is 70.2 Å². The number of pyridine rings is 1. The van der Waals surface area contributed by atoms with Crippen LogP contribution in [-0.2, 0) is 9.59 Å².